The molecule has 0 N–H and O–H groups in total. The summed E-state index contributed by atoms with van der Waals surface area (Å²) in [7, 11) is 0. The Bertz CT molecular complexity index is 17.2. The summed E-state index contributed by atoms with van der Waals surface area (Å²) in [6.07, 6.45) is 6.64. The van der Waals surface area contributed by atoms with Crippen LogP contribution in [0.25, 0.3) is 0 Å². The monoisotopic (exact) mass is 184 g/mol. The first-order chi connectivity index (χ1) is 3.83. The molecule has 2 radical (unpaired) electrons. The van der Waals surface area contributed by atoms with E-state index in [0.717, 1.165) is 0 Å². The van der Waals surface area contributed by atoms with Gasteiger partial charge in [0.25, 0.3) is 0 Å². The van der Waals surface area contributed by atoms with Crippen LogP contribution in [0.15, 0.2) is 0 Å². The van der Waals surface area contributed by atoms with Crippen LogP contribution in [0, 0.1) is 12.8 Å². The molecule has 0 saturated heterocycles. The average molecular weight is 185 g/mol. The van der Waals surface area contributed by atoms with E-state index in [1.165, 1.54) is 12.8 Å². The minimum Gasteiger partial charge on any atom is -0.332 e. The van der Waals surface area contributed by atoms with Crippen molar-refractivity contribution in [3.05, 3.63) is 12.8 Å². The quantitative estimate of drug-likeness (QED) is 0.458. The second kappa shape index (κ2) is 32.1. The van der Waals surface area contributed by atoms with Gasteiger partial charge in [0.1, 0.15) is 0 Å². The van der Waals surface area contributed by atoms with Gasteiger partial charge in [-0.1, -0.05) is 13.8 Å². The zero-order chi connectivity index (χ0) is 6.83. The molecule has 0 aromatic heterocycles. The molecule has 0 aliphatic heterocycles. The fourth-order valence-electron chi connectivity index (χ4n) is 0. The fraction of sp³-hybridized carbons (Fsp3) is 0.750. The van der Waals surface area contributed by atoms with Crippen molar-refractivity contribution < 1.29 is 17.1 Å². The first-order valence-electron chi connectivity index (χ1n) is 3.39. The summed E-state index contributed by atoms with van der Waals surface area (Å²) in [6.45, 7) is 8.36. The molecule has 0 rings (SSSR count). The number of rotatable bonds is 2. The van der Waals surface area contributed by atoms with E-state index in [2.05, 4.69) is 40.5 Å². The second-order valence-corrected chi connectivity index (χ2v) is 1.63. The summed E-state index contributed by atoms with van der Waals surface area (Å²) in [5.74, 6) is 0. The topological polar surface area (TPSA) is 0 Å². The third-order valence-corrected chi connectivity index (χ3v) is 0.816. The molecular formula is C8H18CuLi. The Hall–Kier alpha value is 1.12. The molecule has 0 spiro atoms. The van der Waals surface area contributed by atoms with Gasteiger partial charge in [-0.15, -0.1) is 0 Å². The van der Waals surface area contributed by atoms with Crippen LogP contribution >= 0.6 is 0 Å². The molecule has 0 nitrogen and oxygen atoms in total. The Morgan fingerprint density at radius 2 is 1.00 bits per heavy atom. The zero-order valence-corrected chi connectivity index (χ0v) is 8.81. The maximum atomic E-state index is 2.12. The van der Waals surface area contributed by atoms with Gasteiger partial charge in [-0.05, 0) is 0 Å². The molecule has 0 aliphatic rings. The van der Waals surface area contributed by atoms with Crippen molar-refractivity contribution in [3.63, 3.8) is 0 Å². The van der Waals surface area contributed by atoms with Crippen LogP contribution in [0.4, 0.5) is 0 Å². The van der Waals surface area contributed by atoms with Gasteiger partial charge in [-0.25, -0.2) is 0 Å². The van der Waals surface area contributed by atoms with E-state index in [1.807, 2.05) is 0 Å². The normalized spacial score (nSPS) is 6.00. The van der Waals surface area contributed by atoms with E-state index in [4.69, 9.17) is 0 Å². The van der Waals surface area contributed by atoms with Crippen LogP contribution in [0.5, 0.6) is 0 Å². The van der Waals surface area contributed by atoms with E-state index < -0.39 is 0 Å². The summed E-state index contributed by atoms with van der Waals surface area (Å²) in [5.41, 5.74) is 0. The molecule has 0 aromatic rings. The Balaban J connectivity index is -0.0000000300. The minimum atomic E-state index is 0. The van der Waals surface area contributed by atoms with Gasteiger partial charge in [-0.2, -0.15) is 26.7 Å². The van der Waals surface area contributed by atoms with Gasteiger partial charge in [0.15, 0.2) is 0 Å². The summed E-state index contributed by atoms with van der Waals surface area (Å²) >= 11 is 0. The summed E-state index contributed by atoms with van der Waals surface area (Å²) in [6, 6.07) is 0. The molecule has 0 bridgehead atoms. The van der Waals surface area contributed by atoms with Crippen molar-refractivity contribution in [1.82, 2.24) is 0 Å². The van der Waals surface area contributed by atoms with Crippen LogP contribution < -0.4 is 0 Å². The van der Waals surface area contributed by atoms with Crippen LogP contribution in [0.1, 0.15) is 40.5 Å². The van der Waals surface area contributed by atoms with E-state index in [9.17, 15) is 0 Å². The van der Waals surface area contributed by atoms with Crippen molar-refractivity contribution in [1.29, 1.82) is 0 Å². The van der Waals surface area contributed by atoms with Gasteiger partial charge in [0, 0.05) is 18.9 Å². The van der Waals surface area contributed by atoms with Crippen LogP contribution in [0.2, 0.25) is 0 Å². The molecule has 0 aromatic carbocycles. The van der Waals surface area contributed by atoms with Gasteiger partial charge in [-0.3, -0.25) is 0 Å². The van der Waals surface area contributed by atoms with Crippen molar-refractivity contribution >= 4 is 18.9 Å². The van der Waals surface area contributed by atoms with E-state index >= 15 is 0 Å². The van der Waals surface area contributed by atoms with Gasteiger partial charge in [0.2, 0.25) is 0 Å². The average Bonchev–Trinajstić information content (AvgIpc) is 1.88. The molecule has 0 amide bonds. The van der Waals surface area contributed by atoms with Gasteiger partial charge >= 0.3 is 17.1 Å². The molecule has 2 heteroatoms. The largest absolute Gasteiger partial charge is 2.00 e. The molecule has 0 fully saturated rings. The molecule has 0 saturated carbocycles. The first kappa shape index (κ1) is 22.5. The first-order valence-corrected chi connectivity index (χ1v) is 3.39. The van der Waals surface area contributed by atoms with E-state index in [0.29, 0.717) is 0 Å². The summed E-state index contributed by atoms with van der Waals surface area (Å²) < 4.78 is 0. The number of unbranched alkanes of at least 4 members (excludes halogenated alkanes) is 2. The van der Waals surface area contributed by atoms with Crippen molar-refractivity contribution in [2.75, 3.05) is 0 Å². The van der Waals surface area contributed by atoms with Gasteiger partial charge < -0.3 is 12.8 Å². The molecule has 0 aliphatic carbocycles. The summed E-state index contributed by atoms with van der Waals surface area (Å²) in [5, 5.41) is 0. The molecular weight excluding hydrogens is 167 g/mol. The number of hydrogen-bond acceptors (Lipinski definition) is 0. The molecule has 62 valence electrons. The molecule has 0 atom stereocenters. The van der Waals surface area contributed by atoms with Crippen LogP contribution in [-0.2, 0) is 17.1 Å². The SMILES string of the molecule is C[CH-]CC.C[CH-]CC.[Cu+2].[Li]. The summed E-state index contributed by atoms with van der Waals surface area (Å²) in [4.78, 5) is 0. The van der Waals surface area contributed by atoms with Gasteiger partial charge in [0.05, 0.1) is 0 Å². The van der Waals surface area contributed by atoms with E-state index in [-0.39, 0.29) is 35.9 Å². The Morgan fingerprint density at radius 1 is 0.900 bits per heavy atom. The Kier molecular flexibility index (Phi) is 72.1. The minimum absolute atomic E-state index is 0. The van der Waals surface area contributed by atoms with Crippen LogP contribution in [0.3, 0.4) is 0 Å². The standard InChI is InChI=1S/2C4H9.Cu.Li/c2*1-3-4-2;;/h2*3H,4H2,1-2H3;;/q2*-1;+2;. The molecule has 0 unspecified atom stereocenters. The molecule has 0 heterocycles. The second-order valence-electron chi connectivity index (χ2n) is 1.63. The Labute approximate surface area is 89.2 Å². The predicted octanol–water partition coefficient (Wildman–Crippen LogP) is 2.86. The van der Waals surface area contributed by atoms with Crippen molar-refractivity contribution in [2.45, 2.75) is 40.5 Å². The third-order valence-electron chi connectivity index (χ3n) is 0.816. The fourth-order valence-corrected chi connectivity index (χ4v) is 0. The van der Waals surface area contributed by atoms with Crippen molar-refractivity contribution in [2.24, 2.45) is 0 Å². The molecule has 10 heavy (non-hydrogen) atoms. The Morgan fingerprint density at radius 3 is 1.00 bits per heavy atom. The maximum Gasteiger partial charge on any atom is 2.00 e. The van der Waals surface area contributed by atoms with E-state index in [1.54, 1.807) is 0 Å². The smallest absolute Gasteiger partial charge is 0.332 e. The number of hydrogen-bond donors (Lipinski definition) is 0. The predicted molar refractivity (Wildman–Crippen MR) is 46.3 cm³/mol. The van der Waals surface area contributed by atoms with Crippen LogP contribution in [-0.4, -0.2) is 18.9 Å². The maximum absolute atomic E-state index is 2.12. The van der Waals surface area contributed by atoms with Crippen molar-refractivity contribution in [3.8, 4) is 0 Å². The zero-order valence-electron chi connectivity index (χ0n) is 7.87. The third kappa shape index (κ3) is 61.8.